The Morgan fingerprint density at radius 3 is 1.72 bits per heavy atom. The average molecular weight is 388 g/mol. The maximum Gasteiger partial charge on any atom is 0.336 e. The van der Waals surface area contributed by atoms with Gasteiger partial charge < -0.3 is 9.47 Å². The summed E-state index contributed by atoms with van der Waals surface area (Å²) in [6.07, 6.45) is 0. The van der Waals surface area contributed by atoms with E-state index >= 15 is 0 Å². The minimum absolute atomic E-state index is 0.304. The highest BCUT2D eigenvalue weighted by molar-refractivity contribution is 6.28. The molecule has 1 fully saturated rings. The summed E-state index contributed by atoms with van der Waals surface area (Å²) in [5.41, 5.74) is 1.87. The van der Waals surface area contributed by atoms with Crippen molar-refractivity contribution >= 4 is 23.3 Å². The zero-order chi connectivity index (χ0) is 20.4. The second-order valence-electron chi connectivity index (χ2n) is 6.54. The van der Waals surface area contributed by atoms with Gasteiger partial charge in [0.15, 0.2) is 0 Å². The number of carbonyl (C=O) groups excluding carboxylic acids is 2. The zero-order valence-corrected chi connectivity index (χ0v) is 16.1. The van der Waals surface area contributed by atoms with Gasteiger partial charge in [0, 0.05) is 5.69 Å². The fraction of sp³-hybridized carbons (Fsp3) is 0.130. The van der Waals surface area contributed by atoms with E-state index in [0.29, 0.717) is 22.9 Å². The van der Waals surface area contributed by atoms with E-state index < -0.39 is 12.1 Å². The van der Waals surface area contributed by atoms with Crippen molar-refractivity contribution in [2.24, 2.45) is 0 Å². The van der Waals surface area contributed by atoms with Gasteiger partial charge in [0.25, 0.3) is 5.91 Å². The maximum atomic E-state index is 13.4. The van der Waals surface area contributed by atoms with Crippen LogP contribution in [0.5, 0.6) is 11.5 Å². The highest BCUT2D eigenvalue weighted by Gasteiger charge is 2.47. The first-order chi connectivity index (χ1) is 14.1. The molecule has 0 radical (unpaired) electrons. The van der Waals surface area contributed by atoms with Gasteiger partial charge >= 0.3 is 6.03 Å². The summed E-state index contributed by atoms with van der Waals surface area (Å²) in [7, 11) is 3.15. The Morgan fingerprint density at radius 2 is 1.21 bits per heavy atom. The Morgan fingerprint density at radius 1 is 0.690 bits per heavy atom. The molecule has 0 spiro atoms. The quantitative estimate of drug-likeness (QED) is 0.607. The van der Waals surface area contributed by atoms with Gasteiger partial charge in [-0.15, -0.1) is 0 Å². The molecule has 1 saturated heterocycles. The SMILES string of the molecule is COc1ccc(N2C(=O)C(c3ccccc3)N(c3ccc(OC)cc3)C2=O)cc1. The Bertz CT molecular complexity index is 1020. The normalized spacial score (nSPS) is 16.3. The predicted octanol–water partition coefficient (Wildman–Crippen LogP) is 4.42. The van der Waals surface area contributed by atoms with Crippen LogP contribution in [0.3, 0.4) is 0 Å². The third-order valence-corrected chi connectivity index (χ3v) is 4.91. The van der Waals surface area contributed by atoms with Crippen molar-refractivity contribution in [3.63, 3.8) is 0 Å². The number of imide groups is 1. The standard InChI is InChI=1S/C23H20N2O4/c1-28-19-12-8-17(9-13-19)24-21(16-6-4-3-5-7-16)22(26)25(23(24)27)18-10-14-20(29-2)15-11-18/h3-15,21H,1-2H3. The highest BCUT2D eigenvalue weighted by atomic mass is 16.5. The molecule has 0 bridgehead atoms. The molecule has 0 aliphatic carbocycles. The van der Waals surface area contributed by atoms with Crippen LogP contribution in [0.15, 0.2) is 78.9 Å². The van der Waals surface area contributed by atoms with Crippen molar-refractivity contribution in [3.8, 4) is 11.5 Å². The summed E-state index contributed by atoms with van der Waals surface area (Å²) < 4.78 is 10.4. The van der Waals surface area contributed by atoms with Crippen molar-refractivity contribution in [2.45, 2.75) is 6.04 Å². The van der Waals surface area contributed by atoms with Gasteiger partial charge in [-0.25, -0.2) is 9.69 Å². The van der Waals surface area contributed by atoms with Crippen LogP contribution < -0.4 is 19.3 Å². The van der Waals surface area contributed by atoms with Crippen LogP contribution in [0.1, 0.15) is 11.6 Å². The topological polar surface area (TPSA) is 59.1 Å². The molecule has 1 aliphatic rings. The minimum atomic E-state index is -0.751. The fourth-order valence-electron chi connectivity index (χ4n) is 3.44. The van der Waals surface area contributed by atoms with Crippen LogP contribution in [0, 0.1) is 0 Å². The first-order valence-corrected chi connectivity index (χ1v) is 9.14. The molecule has 6 heteroatoms. The summed E-state index contributed by atoms with van der Waals surface area (Å²) in [6.45, 7) is 0. The molecule has 0 aromatic heterocycles. The number of anilines is 2. The highest BCUT2D eigenvalue weighted by Crippen LogP contribution is 2.38. The lowest BCUT2D eigenvalue weighted by Crippen LogP contribution is -2.33. The molecule has 0 N–H and O–H groups in total. The van der Waals surface area contributed by atoms with Crippen molar-refractivity contribution < 1.29 is 19.1 Å². The Balaban J connectivity index is 1.79. The van der Waals surface area contributed by atoms with E-state index in [1.54, 1.807) is 62.8 Å². The van der Waals surface area contributed by atoms with Gasteiger partial charge in [0.1, 0.15) is 17.5 Å². The summed E-state index contributed by atoms with van der Waals surface area (Å²) in [5.74, 6) is 1.02. The van der Waals surface area contributed by atoms with E-state index in [-0.39, 0.29) is 5.91 Å². The smallest absolute Gasteiger partial charge is 0.336 e. The second kappa shape index (κ2) is 7.67. The van der Waals surface area contributed by atoms with Crippen molar-refractivity contribution in [2.75, 3.05) is 24.0 Å². The van der Waals surface area contributed by atoms with Gasteiger partial charge in [-0.05, 0) is 54.1 Å². The Kier molecular flexibility index (Phi) is 4.91. The lowest BCUT2D eigenvalue weighted by atomic mass is 10.1. The second-order valence-corrected chi connectivity index (χ2v) is 6.54. The third-order valence-electron chi connectivity index (χ3n) is 4.91. The van der Waals surface area contributed by atoms with Crippen LogP contribution in [0.4, 0.5) is 16.2 Å². The molecule has 1 unspecified atom stereocenters. The molecular weight excluding hydrogens is 368 g/mol. The van der Waals surface area contributed by atoms with E-state index in [1.807, 2.05) is 30.3 Å². The van der Waals surface area contributed by atoms with Gasteiger partial charge in [-0.1, -0.05) is 30.3 Å². The van der Waals surface area contributed by atoms with Crippen LogP contribution in [0.2, 0.25) is 0 Å². The van der Waals surface area contributed by atoms with Crippen LogP contribution >= 0.6 is 0 Å². The number of hydrogen-bond acceptors (Lipinski definition) is 4. The minimum Gasteiger partial charge on any atom is -0.497 e. The monoisotopic (exact) mass is 388 g/mol. The summed E-state index contributed by atoms with van der Waals surface area (Å²) in [4.78, 5) is 29.5. The molecule has 1 aliphatic heterocycles. The largest absolute Gasteiger partial charge is 0.497 e. The number of amides is 3. The average Bonchev–Trinajstić information content (AvgIpc) is 3.04. The number of methoxy groups -OCH3 is 2. The number of carbonyl (C=O) groups is 2. The molecule has 3 aromatic carbocycles. The molecule has 0 saturated carbocycles. The first kappa shape index (κ1) is 18.6. The molecule has 3 amide bonds. The number of urea groups is 1. The van der Waals surface area contributed by atoms with Crippen molar-refractivity contribution in [1.29, 1.82) is 0 Å². The number of hydrogen-bond donors (Lipinski definition) is 0. The molecule has 146 valence electrons. The third kappa shape index (κ3) is 3.29. The first-order valence-electron chi connectivity index (χ1n) is 9.14. The predicted molar refractivity (Wildman–Crippen MR) is 111 cm³/mol. The van der Waals surface area contributed by atoms with E-state index in [4.69, 9.17) is 9.47 Å². The number of benzene rings is 3. The van der Waals surface area contributed by atoms with E-state index in [0.717, 1.165) is 5.56 Å². The lowest BCUT2D eigenvalue weighted by Gasteiger charge is -2.22. The molecule has 6 nitrogen and oxygen atoms in total. The number of rotatable bonds is 5. The molecular formula is C23H20N2O4. The van der Waals surface area contributed by atoms with Gasteiger partial charge in [0.2, 0.25) is 0 Å². The lowest BCUT2D eigenvalue weighted by molar-refractivity contribution is -0.118. The molecule has 29 heavy (non-hydrogen) atoms. The molecule has 4 rings (SSSR count). The van der Waals surface area contributed by atoms with E-state index in [1.165, 1.54) is 9.80 Å². The number of nitrogens with zero attached hydrogens (tertiary/aromatic N) is 2. The maximum absolute atomic E-state index is 13.4. The number of ether oxygens (including phenoxy) is 2. The van der Waals surface area contributed by atoms with E-state index in [9.17, 15) is 9.59 Å². The summed E-state index contributed by atoms with van der Waals surface area (Å²) >= 11 is 0. The molecule has 3 aromatic rings. The Hall–Kier alpha value is -3.80. The van der Waals surface area contributed by atoms with Gasteiger partial charge in [0.05, 0.1) is 19.9 Å². The van der Waals surface area contributed by atoms with Crippen molar-refractivity contribution in [3.05, 3.63) is 84.4 Å². The van der Waals surface area contributed by atoms with Crippen molar-refractivity contribution in [1.82, 2.24) is 0 Å². The fourth-order valence-corrected chi connectivity index (χ4v) is 3.44. The van der Waals surface area contributed by atoms with Crippen LogP contribution in [0.25, 0.3) is 0 Å². The zero-order valence-electron chi connectivity index (χ0n) is 16.1. The van der Waals surface area contributed by atoms with Gasteiger partial charge in [-0.2, -0.15) is 0 Å². The summed E-state index contributed by atoms with van der Waals surface area (Å²) in [5, 5.41) is 0. The summed E-state index contributed by atoms with van der Waals surface area (Å²) in [6, 6.07) is 22.1. The van der Waals surface area contributed by atoms with Crippen LogP contribution in [-0.4, -0.2) is 26.2 Å². The Labute approximate surface area is 168 Å². The molecule has 1 atom stereocenters. The van der Waals surface area contributed by atoms with Gasteiger partial charge in [-0.3, -0.25) is 9.69 Å². The van der Waals surface area contributed by atoms with E-state index in [2.05, 4.69) is 0 Å². The van der Waals surface area contributed by atoms with Crippen LogP contribution in [-0.2, 0) is 4.79 Å². The molecule has 1 heterocycles.